The molecule has 2 unspecified atom stereocenters. The van der Waals surface area contributed by atoms with E-state index in [1.54, 1.807) is 0 Å². The smallest absolute Gasteiger partial charge is 0.327 e. The Hall–Kier alpha value is -0.650. The molecule has 19 heavy (non-hydrogen) atoms. The number of carbonyl (C=O) groups excluding carboxylic acids is 1. The Balaban J connectivity index is 1.89. The lowest BCUT2D eigenvalue weighted by molar-refractivity contribution is -0.151. The van der Waals surface area contributed by atoms with Crippen LogP contribution in [0.5, 0.6) is 0 Å². The number of hydrogen-bond acceptors (Lipinski definition) is 5. The molecule has 2 atom stereocenters. The molecule has 1 aliphatic carbocycles. The first-order valence-corrected chi connectivity index (χ1v) is 7.32. The van der Waals surface area contributed by atoms with Crippen molar-refractivity contribution in [1.82, 2.24) is 4.90 Å². The van der Waals surface area contributed by atoms with E-state index in [0.717, 1.165) is 38.8 Å². The van der Waals surface area contributed by atoms with Crippen LogP contribution in [-0.2, 0) is 14.3 Å². The molecule has 0 amide bonds. The van der Waals surface area contributed by atoms with E-state index in [-0.39, 0.29) is 18.0 Å². The van der Waals surface area contributed by atoms with Crippen molar-refractivity contribution in [2.75, 3.05) is 33.4 Å². The Morgan fingerprint density at radius 2 is 2.21 bits per heavy atom. The van der Waals surface area contributed by atoms with Gasteiger partial charge in [0.25, 0.3) is 0 Å². The van der Waals surface area contributed by atoms with Crippen LogP contribution < -0.4 is 5.73 Å². The molecule has 1 heterocycles. The van der Waals surface area contributed by atoms with E-state index in [2.05, 4.69) is 4.90 Å². The quantitative estimate of drug-likeness (QED) is 0.692. The first-order valence-electron chi connectivity index (χ1n) is 7.32. The van der Waals surface area contributed by atoms with Crippen LogP contribution in [0.2, 0.25) is 0 Å². The van der Waals surface area contributed by atoms with Gasteiger partial charge < -0.3 is 20.1 Å². The van der Waals surface area contributed by atoms with E-state index >= 15 is 0 Å². The Morgan fingerprint density at radius 1 is 1.47 bits per heavy atom. The van der Waals surface area contributed by atoms with Gasteiger partial charge in [0.1, 0.15) is 5.54 Å². The Bertz CT molecular complexity index is 314. The zero-order chi connectivity index (χ0) is 13.9. The molecule has 2 rings (SSSR count). The summed E-state index contributed by atoms with van der Waals surface area (Å²) in [6.07, 6.45) is 4.58. The van der Waals surface area contributed by atoms with Crippen molar-refractivity contribution in [1.29, 1.82) is 0 Å². The summed E-state index contributed by atoms with van der Waals surface area (Å²) in [5.74, 6) is 0.0233. The second-order valence-corrected chi connectivity index (χ2v) is 5.87. The third-order valence-corrected chi connectivity index (χ3v) is 4.03. The molecule has 0 spiro atoms. The lowest BCUT2D eigenvalue weighted by Crippen LogP contribution is -2.58. The van der Waals surface area contributed by atoms with Crippen LogP contribution >= 0.6 is 0 Å². The average Bonchev–Trinajstić information content (AvgIpc) is 3.10. The molecular formula is C14H26N2O3. The zero-order valence-electron chi connectivity index (χ0n) is 12.1. The fourth-order valence-corrected chi connectivity index (χ4v) is 2.87. The van der Waals surface area contributed by atoms with Crippen LogP contribution in [0.3, 0.4) is 0 Å². The highest BCUT2D eigenvalue weighted by molar-refractivity contribution is 5.82. The van der Waals surface area contributed by atoms with Gasteiger partial charge in [-0.05, 0) is 45.6 Å². The van der Waals surface area contributed by atoms with E-state index in [4.69, 9.17) is 15.2 Å². The van der Waals surface area contributed by atoms with E-state index in [0.29, 0.717) is 13.2 Å². The molecule has 0 radical (unpaired) electrons. The minimum atomic E-state index is -0.844. The van der Waals surface area contributed by atoms with Crippen LogP contribution in [-0.4, -0.2) is 55.9 Å². The van der Waals surface area contributed by atoms with Crippen LogP contribution in [0.4, 0.5) is 0 Å². The Kier molecular flexibility index (Phi) is 4.81. The molecule has 5 heteroatoms. The minimum Gasteiger partial charge on any atom is -0.465 e. The normalized spacial score (nSPS) is 26.4. The Labute approximate surface area is 115 Å². The van der Waals surface area contributed by atoms with Crippen LogP contribution in [0, 0.1) is 5.92 Å². The largest absolute Gasteiger partial charge is 0.465 e. The fourth-order valence-electron chi connectivity index (χ4n) is 2.87. The van der Waals surface area contributed by atoms with E-state index in [1.165, 1.54) is 0 Å². The summed E-state index contributed by atoms with van der Waals surface area (Å²) in [5, 5.41) is 0. The topological polar surface area (TPSA) is 64.8 Å². The van der Waals surface area contributed by atoms with Crippen molar-refractivity contribution in [2.45, 2.75) is 44.2 Å². The van der Waals surface area contributed by atoms with Gasteiger partial charge in [-0.25, -0.2) is 4.79 Å². The van der Waals surface area contributed by atoms with Gasteiger partial charge in [-0.2, -0.15) is 0 Å². The van der Waals surface area contributed by atoms with E-state index in [1.807, 2.05) is 14.0 Å². The molecule has 2 aliphatic rings. The second-order valence-electron chi connectivity index (χ2n) is 5.87. The summed E-state index contributed by atoms with van der Waals surface area (Å²) < 4.78 is 10.8. The summed E-state index contributed by atoms with van der Waals surface area (Å²) in [5.41, 5.74) is 5.51. The van der Waals surface area contributed by atoms with Crippen molar-refractivity contribution < 1.29 is 14.3 Å². The number of esters is 1. The van der Waals surface area contributed by atoms with Gasteiger partial charge in [-0.1, -0.05) is 0 Å². The van der Waals surface area contributed by atoms with Gasteiger partial charge in [0.2, 0.25) is 0 Å². The summed E-state index contributed by atoms with van der Waals surface area (Å²) in [7, 11) is 2.00. The fraction of sp³-hybridized carbons (Fsp3) is 0.929. The summed E-state index contributed by atoms with van der Waals surface area (Å²) in [6, 6.07) is 0. The number of rotatable bonds is 7. The molecule has 1 saturated heterocycles. The number of likely N-dealkylation sites (N-methyl/N-ethyl adjacent to an activating group) is 1. The highest BCUT2D eigenvalue weighted by Crippen LogP contribution is 2.39. The highest BCUT2D eigenvalue weighted by Gasteiger charge is 2.49. The first-order chi connectivity index (χ1) is 9.06. The van der Waals surface area contributed by atoms with Crippen molar-refractivity contribution in [3.63, 3.8) is 0 Å². The first kappa shape index (κ1) is 14.8. The van der Waals surface area contributed by atoms with Gasteiger partial charge in [-0.15, -0.1) is 0 Å². The maximum Gasteiger partial charge on any atom is 0.327 e. The third-order valence-electron chi connectivity index (χ3n) is 4.03. The number of hydrogen-bond donors (Lipinski definition) is 1. The predicted octanol–water partition coefficient (Wildman–Crippen LogP) is 0.768. The third kappa shape index (κ3) is 3.68. The van der Waals surface area contributed by atoms with E-state index in [9.17, 15) is 4.79 Å². The summed E-state index contributed by atoms with van der Waals surface area (Å²) in [4.78, 5) is 14.2. The highest BCUT2D eigenvalue weighted by atomic mass is 16.5. The van der Waals surface area contributed by atoms with Gasteiger partial charge in [0, 0.05) is 19.7 Å². The molecule has 5 nitrogen and oxygen atoms in total. The van der Waals surface area contributed by atoms with E-state index < -0.39 is 5.54 Å². The van der Waals surface area contributed by atoms with Gasteiger partial charge in [0.05, 0.1) is 12.7 Å². The molecule has 1 saturated carbocycles. The van der Waals surface area contributed by atoms with Crippen molar-refractivity contribution in [3.05, 3.63) is 0 Å². The van der Waals surface area contributed by atoms with Crippen molar-refractivity contribution >= 4 is 5.97 Å². The molecule has 0 aromatic rings. The number of ether oxygens (including phenoxy) is 2. The molecule has 0 aromatic carbocycles. The maximum absolute atomic E-state index is 12.1. The molecule has 110 valence electrons. The zero-order valence-corrected chi connectivity index (χ0v) is 12.1. The average molecular weight is 270 g/mol. The lowest BCUT2D eigenvalue weighted by Gasteiger charge is -2.32. The maximum atomic E-state index is 12.1. The lowest BCUT2D eigenvalue weighted by atomic mass is 9.93. The molecule has 2 N–H and O–H groups in total. The molecule has 1 aliphatic heterocycles. The van der Waals surface area contributed by atoms with Gasteiger partial charge in [-0.3, -0.25) is 0 Å². The monoisotopic (exact) mass is 270 g/mol. The predicted molar refractivity (Wildman–Crippen MR) is 72.7 cm³/mol. The molecular weight excluding hydrogens is 244 g/mol. The summed E-state index contributed by atoms with van der Waals surface area (Å²) in [6.45, 7) is 4.45. The van der Waals surface area contributed by atoms with Gasteiger partial charge in [0.15, 0.2) is 0 Å². The van der Waals surface area contributed by atoms with Crippen molar-refractivity contribution in [2.24, 2.45) is 11.7 Å². The molecule has 0 bridgehead atoms. The van der Waals surface area contributed by atoms with Crippen LogP contribution in [0.15, 0.2) is 0 Å². The van der Waals surface area contributed by atoms with Crippen LogP contribution in [0.25, 0.3) is 0 Å². The molecule has 0 aromatic heterocycles. The molecule has 2 fully saturated rings. The van der Waals surface area contributed by atoms with Gasteiger partial charge >= 0.3 is 5.97 Å². The number of nitrogens with zero attached hydrogens (tertiary/aromatic N) is 1. The number of nitrogens with two attached hydrogens (primary N) is 1. The summed E-state index contributed by atoms with van der Waals surface area (Å²) >= 11 is 0. The standard InChI is InChI=1S/C14H26N2O3/c1-3-18-13(17)14(15,11-6-7-11)10-16(2)9-12-5-4-8-19-12/h11-12H,3-10,15H2,1-2H3. The Morgan fingerprint density at radius 3 is 2.74 bits per heavy atom. The minimum absolute atomic E-state index is 0.253. The van der Waals surface area contributed by atoms with Crippen LogP contribution in [0.1, 0.15) is 32.6 Å². The number of carbonyl (C=O) groups is 1. The SMILES string of the molecule is CCOC(=O)C(N)(CN(C)CC1CCCO1)C1CC1. The second kappa shape index (κ2) is 6.20. The van der Waals surface area contributed by atoms with Crippen molar-refractivity contribution in [3.8, 4) is 0 Å².